The smallest absolute Gasteiger partial charge is 0.303 e. The molecule has 0 aromatic rings. The van der Waals surface area contributed by atoms with Crippen molar-refractivity contribution in [2.75, 3.05) is 27.9 Å². The molecule has 210 valence electrons. The summed E-state index contributed by atoms with van der Waals surface area (Å²) in [5.74, 6) is -1.09. The largest absolute Gasteiger partial charge is 0.461 e. The molecule has 13 atom stereocenters. The molecule has 1 heterocycles. The first kappa shape index (κ1) is 26.2. The summed E-state index contributed by atoms with van der Waals surface area (Å²) in [6.07, 6.45) is 3.22. The molecule has 5 bridgehead atoms. The van der Waals surface area contributed by atoms with Crippen molar-refractivity contribution >= 4 is 24.1 Å². The van der Waals surface area contributed by atoms with Crippen molar-refractivity contribution in [2.24, 2.45) is 45.4 Å². The molecule has 5 fully saturated rings. The molecule has 0 aromatic heterocycles. The predicted octanol–water partition coefficient (Wildman–Crippen LogP) is 1.96. The van der Waals surface area contributed by atoms with Gasteiger partial charge >= 0.3 is 17.9 Å². The molecule has 0 aromatic carbocycles. The van der Waals surface area contributed by atoms with Gasteiger partial charge in [-0.25, -0.2) is 0 Å². The Kier molecular flexibility index (Phi) is 6.02. The lowest BCUT2D eigenvalue weighted by Gasteiger charge is -2.72. The average Bonchev–Trinajstić information content (AvgIpc) is 2.95. The molecule has 5 aliphatic carbocycles. The predicted molar refractivity (Wildman–Crippen MR) is 132 cm³/mol. The van der Waals surface area contributed by atoms with Crippen LogP contribution in [0.3, 0.4) is 0 Å². The number of hydrogen-bond acceptors (Lipinski definition) is 10. The fourth-order valence-corrected chi connectivity index (χ4v) is 10.6. The van der Waals surface area contributed by atoms with Crippen molar-refractivity contribution in [1.29, 1.82) is 0 Å². The number of aliphatic imine (C=N–C) groups is 1. The monoisotopic (exact) mass is 533 g/mol. The van der Waals surface area contributed by atoms with Crippen LogP contribution in [0.5, 0.6) is 0 Å². The van der Waals surface area contributed by atoms with Gasteiger partial charge in [0.15, 0.2) is 0 Å². The van der Waals surface area contributed by atoms with E-state index < -0.39 is 23.2 Å². The minimum absolute atomic E-state index is 0.00459. The summed E-state index contributed by atoms with van der Waals surface area (Å²) in [7, 11) is 5.00. The van der Waals surface area contributed by atoms with Crippen LogP contribution in [0.1, 0.15) is 46.5 Å². The molecule has 38 heavy (non-hydrogen) atoms. The zero-order chi connectivity index (χ0) is 27.2. The summed E-state index contributed by atoms with van der Waals surface area (Å²) in [6.45, 7) is 4.67. The van der Waals surface area contributed by atoms with Gasteiger partial charge in [-0.2, -0.15) is 0 Å². The van der Waals surface area contributed by atoms with Crippen molar-refractivity contribution in [3.05, 3.63) is 0 Å². The lowest BCUT2D eigenvalue weighted by Crippen LogP contribution is -2.77. The third-order valence-electron chi connectivity index (χ3n) is 11.1. The molecule has 6 aliphatic rings. The van der Waals surface area contributed by atoms with E-state index in [9.17, 15) is 14.4 Å². The number of carbonyl (C=O) groups is 3. The molecule has 1 spiro atoms. The van der Waals surface area contributed by atoms with Crippen molar-refractivity contribution in [2.45, 2.75) is 82.5 Å². The SMILES string of the molecule is COC[C@]12C=N[C@@H]3[C@@H]4[C@H](OC)[C@H]1[C@@]3(CCC2OC(C)=O)[C@@H]1CC2[C@@H](OC(C)=O)[C@H](OC)C[C@@]4(OC(C)=O)[C@@H]21. The summed E-state index contributed by atoms with van der Waals surface area (Å²) in [5, 5.41) is 0. The fraction of sp³-hybridized carbons (Fsp3) is 0.857. The number of esters is 3. The van der Waals surface area contributed by atoms with E-state index in [1.54, 1.807) is 21.3 Å². The molecule has 0 amide bonds. The average molecular weight is 534 g/mol. The summed E-state index contributed by atoms with van der Waals surface area (Å²) in [5.41, 5.74) is -1.75. The van der Waals surface area contributed by atoms with Gasteiger partial charge in [0, 0.05) is 83.8 Å². The number of ether oxygens (including phenoxy) is 6. The molecule has 6 rings (SSSR count). The van der Waals surface area contributed by atoms with Gasteiger partial charge < -0.3 is 28.4 Å². The molecule has 1 aliphatic heterocycles. The molecule has 10 heteroatoms. The standard InChI is InChI=1S/C28H39NO9/c1-13(30)36-19-7-8-27-17-9-16-20(17)28(38-15(3)32,10-18(34-5)22(16)37-14(2)31)21-23(35-6)24(27)26(19,12-33-4)11-29-25(21)27/h11,16-25H,7-10,12H2,1-6H3/t16?,17-,18-,19?,20+,21+,22-,23+,24-,25-,26+,27-,28-/m1/s1. The Labute approximate surface area is 223 Å². The highest BCUT2D eigenvalue weighted by atomic mass is 16.6. The maximum atomic E-state index is 12.8. The van der Waals surface area contributed by atoms with Crippen LogP contribution in [0, 0.1) is 40.4 Å². The van der Waals surface area contributed by atoms with E-state index in [0.717, 1.165) is 12.8 Å². The van der Waals surface area contributed by atoms with Crippen LogP contribution in [0.25, 0.3) is 0 Å². The molecule has 10 nitrogen and oxygen atoms in total. The van der Waals surface area contributed by atoms with Crippen LogP contribution in [-0.2, 0) is 42.8 Å². The normalized spacial score (nSPS) is 50.9. The molecule has 0 N–H and O–H groups in total. The second-order valence-electron chi connectivity index (χ2n) is 12.4. The summed E-state index contributed by atoms with van der Waals surface area (Å²) in [6, 6.07) is -0.106. The molecule has 5 saturated carbocycles. The molecule has 0 saturated heterocycles. The highest BCUT2D eigenvalue weighted by Crippen LogP contribution is 2.80. The molecular formula is C28H39NO9. The zero-order valence-electron chi connectivity index (χ0n) is 23.0. The zero-order valence-corrected chi connectivity index (χ0v) is 23.0. The highest BCUT2D eigenvalue weighted by Gasteiger charge is 2.86. The molecule has 0 radical (unpaired) electrons. The number of fused-ring (bicyclic) bond motifs is 1. The molecule has 2 unspecified atom stereocenters. The van der Waals surface area contributed by atoms with E-state index in [1.807, 2.05) is 6.21 Å². The lowest BCUT2D eigenvalue weighted by atomic mass is 9.35. The first-order valence-electron chi connectivity index (χ1n) is 13.7. The highest BCUT2D eigenvalue weighted by molar-refractivity contribution is 5.74. The van der Waals surface area contributed by atoms with E-state index in [2.05, 4.69) is 0 Å². The first-order chi connectivity index (χ1) is 18.1. The van der Waals surface area contributed by atoms with Gasteiger partial charge in [-0.15, -0.1) is 0 Å². The van der Waals surface area contributed by atoms with Gasteiger partial charge in [-0.1, -0.05) is 0 Å². The van der Waals surface area contributed by atoms with Crippen molar-refractivity contribution in [3.8, 4) is 0 Å². The third-order valence-corrected chi connectivity index (χ3v) is 11.1. The van der Waals surface area contributed by atoms with Crippen LogP contribution in [0.2, 0.25) is 0 Å². The Morgan fingerprint density at radius 2 is 1.68 bits per heavy atom. The Balaban J connectivity index is 1.53. The Bertz CT molecular complexity index is 1060. The van der Waals surface area contributed by atoms with Crippen LogP contribution in [-0.4, -0.2) is 88.1 Å². The topological polar surface area (TPSA) is 119 Å². The van der Waals surface area contributed by atoms with Crippen molar-refractivity contribution in [3.63, 3.8) is 0 Å². The number of rotatable bonds is 7. The number of nitrogens with zero attached hydrogens (tertiary/aromatic N) is 1. The minimum atomic E-state index is -0.873. The van der Waals surface area contributed by atoms with Crippen LogP contribution < -0.4 is 0 Å². The van der Waals surface area contributed by atoms with E-state index >= 15 is 0 Å². The second kappa shape index (κ2) is 8.73. The van der Waals surface area contributed by atoms with Crippen LogP contribution in [0.4, 0.5) is 0 Å². The first-order valence-corrected chi connectivity index (χ1v) is 13.7. The van der Waals surface area contributed by atoms with Crippen LogP contribution >= 0.6 is 0 Å². The number of hydrogen-bond donors (Lipinski definition) is 0. The van der Waals surface area contributed by atoms with E-state index in [4.69, 9.17) is 33.4 Å². The third kappa shape index (κ3) is 3.05. The van der Waals surface area contributed by atoms with E-state index in [0.29, 0.717) is 19.4 Å². The van der Waals surface area contributed by atoms with Gasteiger partial charge in [0.2, 0.25) is 0 Å². The Hall–Kier alpha value is -2.04. The fourth-order valence-electron chi connectivity index (χ4n) is 10.6. The summed E-state index contributed by atoms with van der Waals surface area (Å²) in [4.78, 5) is 42.3. The van der Waals surface area contributed by atoms with Crippen molar-refractivity contribution in [1.82, 2.24) is 0 Å². The van der Waals surface area contributed by atoms with Gasteiger partial charge in [0.05, 0.1) is 30.3 Å². The quantitative estimate of drug-likeness (QED) is 0.357. The van der Waals surface area contributed by atoms with Crippen molar-refractivity contribution < 1.29 is 42.8 Å². The Morgan fingerprint density at radius 3 is 2.29 bits per heavy atom. The van der Waals surface area contributed by atoms with Gasteiger partial charge in [0.25, 0.3) is 0 Å². The van der Waals surface area contributed by atoms with Crippen LogP contribution in [0.15, 0.2) is 4.99 Å². The number of carbonyl (C=O) groups excluding carboxylic acids is 3. The molecular weight excluding hydrogens is 494 g/mol. The maximum Gasteiger partial charge on any atom is 0.303 e. The second-order valence-corrected chi connectivity index (χ2v) is 12.4. The van der Waals surface area contributed by atoms with Gasteiger partial charge in [-0.3, -0.25) is 19.4 Å². The Morgan fingerprint density at radius 1 is 0.947 bits per heavy atom. The van der Waals surface area contributed by atoms with E-state index in [1.165, 1.54) is 20.8 Å². The lowest BCUT2D eigenvalue weighted by molar-refractivity contribution is -0.303. The maximum absolute atomic E-state index is 12.8. The van der Waals surface area contributed by atoms with Gasteiger partial charge in [-0.05, 0) is 25.2 Å². The summed E-state index contributed by atoms with van der Waals surface area (Å²) < 4.78 is 36.4. The van der Waals surface area contributed by atoms with E-state index in [-0.39, 0.29) is 71.2 Å². The summed E-state index contributed by atoms with van der Waals surface area (Å²) >= 11 is 0. The van der Waals surface area contributed by atoms with Gasteiger partial charge in [0.1, 0.15) is 17.8 Å². The number of methoxy groups -OCH3 is 3. The minimum Gasteiger partial charge on any atom is -0.461 e.